The Morgan fingerprint density at radius 2 is 1.69 bits per heavy atom. The molecule has 5 rings (SSSR count). The van der Waals surface area contributed by atoms with Crippen LogP contribution in [-0.4, -0.2) is 59.2 Å². The molecule has 5 heterocycles. The molecule has 0 spiro atoms. The molecule has 134 valence electrons. The summed E-state index contributed by atoms with van der Waals surface area (Å²) in [5.41, 5.74) is 2.87. The average molecular weight is 349 g/mol. The van der Waals surface area contributed by atoms with Crippen LogP contribution in [0.4, 0.5) is 11.6 Å². The van der Waals surface area contributed by atoms with E-state index in [1.807, 2.05) is 24.7 Å². The SMILES string of the molecule is c1cc(-c2cnc(N3CCCC3)c(N3CCNCC3)n2)c2cc[nH]c2n1. The molecule has 2 aliphatic heterocycles. The zero-order chi connectivity index (χ0) is 17.3. The van der Waals surface area contributed by atoms with Gasteiger partial charge in [0.05, 0.1) is 11.9 Å². The molecule has 0 aliphatic carbocycles. The zero-order valence-corrected chi connectivity index (χ0v) is 14.8. The Morgan fingerprint density at radius 1 is 0.885 bits per heavy atom. The summed E-state index contributed by atoms with van der Waals surface area (Å²) in [6, 6.07) is 4.08. The van der Waals surface area contributed by atoms with Crippen molar-refractivity contribution in [1.82, 2.24) is 25.3 Å². The van der Waals surface area contributed by atoms with Crippen molar-refractivity contribution in [3.05, 3.63) is 30.7 Å². The maximum absolute atomic E-state index is 5.09. The van der Waals surface area contributed by atoms with Crippen molar-refractivity contribution >= 4 is 22.7 Å². The fourth-order valence-corrected chi connectivity index (χ4v) is 3.93. The van der Waals surface area contributed by atoms with Crippen molar-refractivity contribution in [2.24, 2.45) is 0 Å². The van der Waals surface area contributed by atoms with Crippen LogP contribution in [0, 0.1) is 0 Å². The predicted molar refractivity (Wildman–Crippen MR) is 104 cm³/mol. The lowest BCUT2D eigenvalue weighted by Gasteiger charge is -2.31. The summed E-state index contributed by atoms with van der Waals surface area (Å²) in [6.07, 6.45) is 8.14. The smallest absolute Gasteiger partial charge is 0.172 e. The molecule has 26 heavy (non-hydrogen) atoms. The first-order chi connectivity index (χ1) is 12.9. The topological polar surface area (TPSA) is 73.0 Å². The molecule has 0 radical (unpaired) electrons. The third kappa shape index (κ3) is 2.68. The largest absolute Gasteiger partial charge is 0.354 e. The van der Waals surface area contributed by atoms with E-state index in [1.54, 1.807) is 0 Å². The van der Waals surface area contributed by atoms with Gasteiger partial charge in [0.25, 0.3) is 0 Å². The van der Waals surface area contributed by atoms with E-state index in [4.69, 9.17) is 9.97 Å². The summed E-state index contributed by atoms with van der Waals surface area (Å²) < 4.78 is 0. The molecule has 2 saturated heterocycles. The summed E-state index contributed by atoms with van der Waals surface area (Å²) in [6.45, 7) is 6.06. The molecule has 0 saturated carbocycles. The Hall–Kier alpha value is -2.67. The van der Waals surface area contributed by atoms with E-state index in [0.717, 1.165) is 73.2 Å². The van der Waals surface area contributed by atoms with Gasteiger partial charge in [-0.3, -0.25) is 0 Å². The summed E-state index contributed by atoms with van der Waals surface area (Å²) >= 11 is 0. The number of pyridine rings is 1. The molecular weight excluding hydrogens is 326 g/mol. The van der Waals surface area contributed by atoms with Crippen molar-refractivity contribution in [1.29, 1.82) is 0 Å². The molecule has 0 unspecified atom stereocenters. The summed E-state index contributed by atoms with van der Waals surface area (Å²) in [7, 11) is 0. The highest BCUT2D eigenvalue weighted by atomic mass is 15.3. The number of nitrogens with zero attached hydrogens (tertiary/aromatic N) is 5. The molecule has 2 N–H and O–H groups in total. The first-order valence-electron chi connectivity index (χ1n) is 9.40. The summed E-state index contributed by atoms with van der Waals surface area (Å²) in [5.74, 6) is 2.05. The third-order valence-electron chi connectivity index (χ3n) is 5.29. The van der Waals surface area contributed by atoms with Crippen LogP contribution >= 0.6 is 0 Å². The highest BCUT2D eigenvalue weighted by molar-refractivity contribution is 5.92. The molecule has 0 atom stereocenters. The standard InChI is InChI=1S/C19H23N7/c1-2-10-25(9-1)18-19(26-11-7-20-8-12-26)24-16(13-23-18)14-3-5-21-17-15(14)4-6-22-17/h3-6,13,20H,1-2,7-12H2,(H,21,22). The lowest BCUT2D eigenvalue weighted by Crippen LogP contribution is -2.44. The monoisotopic (exact) mass is 349 g/mol. The summed E-state index contributed by atoms with van der Waals surface area (Å²) in [5, 5.41) is 4.51. The van der Waals surface area contributed by atoms with Crippen molar-refractivity contribution < 1.29 is 0 Å². The predicted octanol–water partition coefficient (Wildman–Crippen LogP) is 2.03. The first-order valence-corrected chi connectivity index (χ1v) is 9.40. The molecule has 0 amide bonds. The van der Waals surface area contributed by atoms with Gasteiger partial charge in [0.15, 0.2) is 11.6 Å². The van der Waals surface area contributed by atoms with Crippen LogP contribution in [-0.2, 0) is 0 Å². The van der Waals surface area contributed by atoms with Gasteiger partial charge in [0.1, 0.15) is 5.65 Å². The quantitative estimate of drug-likeness (QED) is 0.754. The van der Waals surface area contributed by atoms with Gasteiger partial charge in [-0.1, -0.05) is 0 Å². The lowest BCUT2D eigenvalue weighted by atomic mass is 10.1. The van der Waals surface area contributed by atoms with Crippen molar-refractivity contribution in [3.63, 3.8) is 0 Å². The number of aromatic amines is 1. The number of hydrogen-bond acceptors (Lipinski definition) is 6. The van der Waals surface area contributed by atoms with Crippen LogP contribution in [0.5, 0.6) is 0 Å². The van der Waals surface area contributed by atoms with Gasteiger partial charge in [-0.05, 0) is 25.0 Å². The minimum atomic E-state index is 0.886. The number of nitrogens with one attached hydrogen (secondary N) is 2. The van der Waals surface area contributed by atoms with Gasteiger partial charge in [-0.25, -0.2) is 15.0 Å². The Bertz CT molecular complexity index is 907. The van der Waals surface area contributed by atoms with Gasteiger partial charge in [0, 0.05) is 62.6 Å². The lowest BCUT2D eigenvalue weighted by molar-refractivity contribution is 0.584. The number of aromatic nitrogens is 4. The third-order valence-corrected chi connectivity index (χ3v) is 5.29. The molecule has 2 aliphatic rings. The molecule has 3 aromatic rings. The van der Waals surface area contributed by atoms with Crippen LogP contribution < -0.4 is 15.1 Å². The maximum Gasteiger partial charge on any atom is 0.172 e. The second-order valence-electron chi connectivity index (χ2n) is 6.93. The highest BCUT2D eigenvalue weighted by Gasteiger charge is 2.24. The van der Waals surface area contributed by atoms with Crippen molar-refractivity contribution in [2.75, 3.05) is 49.1 Å². The Morgan fingerprint density at radius 3 is 2.54 bits per heavy atom. The van der Waals surface area contributed by atoms with Gasteiger partial charge in [0.2, 0.25) is 0 Å². The van der Waals surface area contributed by atoms with E-state index in [1.165, 1.54) is 12.8 Å². The normalized spacial score (nSPS) is 18.0. The highest BCUT2D eigenvalue weighted by Crippen LogP contribution is 2.32. The van der Waals surface area contributed by atoms with Gasteiger partial charge in [-0.15, -0.1) is 0 Å². The molecule has 7 heteroatoms. The average Bonchev–Trinajstić information content (AvgIpc) is 3.40. The number of piperazine rings is 1. The fourth-order valence-electron chi connectivity index (χ4n) is 3.93. The van der Waals surface area contributed by atoms with Crippen molar-refractivity contribution in [3.8, 4) is 11.3 Å². The number of rotatable bonds is 3. The Balaban J connectivity index is 1.62. The minimum absolute atomic E-state index is 0.886. The molecule has 2 fully saturated rings. The zero-order valence-electron chi connectivity index (χ0n) is 14.8. The van der Waals surface area contributed by atoms with E-state index in [2.05, 4.69) is 31.2 Å². The number of H-pyrrole nitrogens is 1. The number of fused-ring (bicyclic) bond motifs is 1. The van der Waals surface area contributed by atoms with E-state index < -0.39 is 0 Å². The second-order valence-corrected chi connectivity index (χ2v) is 6.93. The van der Waals surface area contributed by atoms with Crippen LogP contribution in [0.2, 0.25) is 0 Å². The molecule has 0 aromatic carbocycles. The van der Waals surface area contributed by atoms with Crippen molar-refractivity contribution in [2.45, 2.75) is 12.8 Å². The van der Waals surface area contributed by atoms with Gasteiger partial charge in [-0.2, -0.15) is 0 Å². The van der Waals surface area contributed by atoms with Crippen LogP contribution in [0.1, 0.15) is 12.8 Å². The van der Waals surface area contributed by atoms with Crippen LogP contribution in [0.15, 0.2) is 30.7 Å². The van der Waals surface area contributed by atoms with Gasteiger partial charge < -0.3 is 20.1 Å². The molecular formula is C19H23N7. The first kappa shape index (κ1) is 15.6. The van der Waals surface area contributed by atoms with Gasteiger partial charge >= 0.3 is 0 Å². The van der Waals surface area contributed by atoms with Crippen LogP contribution in [0.25, 0.3) is 22.3 Å². The Labute approximate surface area is 152 Å². The minimum Gasteiger partial charge on any atom is -0.354 e. The second kappa shape index (κ2) is 6.57. The fraction of sp³-hybridized carbons (Fsp3) is 0.421. The number of anilines is 2. The van der Waals surface area contributed by atoms with Crippen LogP contribution in [0.3, 0.4) is 0 Å². The van der Waals surface area contributed by atoms with E-state index in [9.17, 15) is 0 Å². The number of hydrogen-bond donors (Lipinski definition) is 2. The maximum atomic E-state index is 5.09. The van der Waals surface area contributed by atoms with E-state index in [0.29, 0.717) is 0 Å². The molecule has 7 nitrogen and oxygen atoms in total. The Kier molecular flexibility index (Phi) is 3.93. The summed E-state index contributed by atoms with van der Waals surface area (Å²) in [4.78, 5) is 22.3. The van der Waals surface area contributed by atoms with E-state index in [-0.39, 0.29) is 0 Å². The molecule has 3 aromatic heterocycles. The van der Waals surface area contributed by atoms with E-state index >= 15 is 0 Å². The molecule has 0 bridgehead atoms.